The van der Waals surface area contributed by atoms with Crippen LogP contribution >= 0.6 is 0 Å². The van der Waals surface area contributed by atoms with Gasteiger partial charge in [-0.2, -0.15) is 0 Å². The van der Waals surface area contributed by atoms with Gasteiger partial charge in [-0.05, 0) is 42.5 Å². The summed E-state index contributed by atoms with van der Waals surface area (Å²) in [5.41, 5.74) is 2.15. The first-order chi connectivity index (χ1) is 10.2. The van der Waals surface area contributed by atoms with Crippen LogP contribution in [0.3, 0.4) is 0 Å². The molecule has 2 aromatic rings. The Balaban J connectivity index is 1.98. The third-order valence-electron chi connectivity index (χ3n) is 3.77. The molecule has 0 aromatic heterocycles. The number of nitrogens with one attached hydrogen (secondary N) is 1. The van der Waals surface area contributed by atoms with Crippen molar-refractivity contribution in [2.24, 2.45) is 0 Å². The summed E-state index contributed by atoms with van der Waals surface area (Å²) >= 11 is 0. The minimum Gasteiger partial charge on any atom is -0.396 e. The zero-order valence-electron chi connectivity index (χ0n) is 12.3. The number of aliphatic hydroxyl groups excluding tert-OH is 1. The van der Waals surface area contributed by atoms with Gasteiger partial charge < -0.3 is 10.4 Å². The van der Waals surface area contributed by atoms with Crippen LogP contribution in [0.2, 0.25) is 0 Å². The second-order valence-electron chi connectivity index (χ2n) is 5.30. The lowest BCUT2D eigenvalue weighted by Gasteiger charge is -2.21. The molecule has 21 heavy (non-hydrogen) atoms. The predicted octanol–water partition coefficient (Wildman–Crippen LogP) is 3.64. The Bertz CT molecular complexity index is 544. The van der Waals surface area contributed by atoms with Gasteiger partial charge in [-0.15, -0.1) is 0 Å². The molecule has 2 unspecified atom stereocenters. The van der Waals surface area contributed by atoms with Crippen LogP contribution in [0, 0.1) is 5.82 Å². The largest absolute Gasteiger partial charge is 0.396 e. The molecule has 0 aliphatic rings. The van der Waals surface area contributed by atoms with Crippen molar-refractivity contribution in [3.8, 4) is 0 Å². The van der Waals surface area contributed by atoms with E-state index in [1.165, 1.54) is 11.6 Å². The smallest absolute Gasteiger partial charge is 0.123 e. The summed E-state index contributed by atoms with van der Waals surface area (Å²) in [6.45, 7) is 2.94. The molecule has 2 aromatic carbocycles. The first kappa shape index (κ1) is 15.7. The van der Waals surface area contributed by atoms with E-state index in [4.69, 9.17) is 0 Å². The topological polar surface area (TPSA) is 32.3 Å². The summed E-state index contributed by atoms with van der Waals surface area (Å²) in [5, 5.41) is 12.7. The Hall–Kier alpha value is -1.71. The summed E-state index contributed by atoms with van der Waals surface area (Å²) < 4.78 is 13.3. The lowest BCUT2D eigenvalue weighted by molar-refractivity contribution is 0.272. The fourth-order valence-corrected chi connectivity index (χ4v) is 2.48. The monoisotopic (exact) mass is 287 g/mol. The van der Waals surface area contributed by atoms with Crippen molar-refractivity contribution in [2.75, 3.05) is 13.2 Å². The van der Waals surface area contributed by atoms with Gasteiger partial charge in [0, 0.05) is 19.2 Å². The van der Waals surface area contributed by atoms with Crippen molar-refractivity contribution < 1.29 is 9.50 Å². The van der Waals surface area contributed by atoms with E-state index in [1.807, 2.05) is 31.2 Å². The summed E-state index contributed by atoms with van der Waals surface area (Å²) in [4.78, 5) is 0. The van der Waals surface area contributed by atoms with Gasteiger partial charge in [0.05, 0.1) is 0 Å². The third-order valence-corrected chi connectivity index (χ3v) is 3.77. The normalized spacial score (nSPS) is 13.9. The SMILES string of the molecule is CC(NCC(CCO)c1ccccc1)c1cccc(F)c1. The van der Waals surface area contributed by atoms with Crippen LogP contribution in [-0.2, 0) is 0 Å². The van der Waals surface area contributed by atoms with Crippen molar-refractivity contribution in [3.63, 3.8) is 0 Å². The average molecular weight is 287 g/mol. The van der Waals surface area contributed by atoms with Crippen molar-refractivity contribution in [1.29, 1.82) is 0 Å². The van der Waals surface area contributed by atoms with Crippen molar-refractivity contribution in [2.45, 2.75) is 25.3 Å². The molecule has 0 amide bonds. The highest BCUT2D eigenvalue weighted by Crippen LogP contribution is 2.20. The molecule has 2 rings (SSSR count). The van der Waals surface area contributed by atoms with Gasteiger partial charge in [0.1, 0.15) is 5.82 Å². The number of hydrogen-bond acceptors (Lipinski definition) is 2. The van der Waals surface area contributed by atoms with Crippen LogP contribution < -0.4 is 5.32 Å². The predicted molar refractivity (Wildman–Crippen MR) is 83.7 cm³/mol. The van der Waals surface area contributed by atoms with Crippen LogP contribution in [0.5, 0.6) is 0 Å². The number of halogens is 1. The molecule has 112 valence electrons. The van der Waals surface area contributed by atoms with E-state index in [1.54, 1.807) is 12.1 Å². The molecule has 0 heterocycles. The van der Waals surface area contributed by atoms with Crippen molar-refractivity contribution >= 4 is 0 Å². The Labute approximate surface area is 125 Å². The van der Waals surface area contributed by atoms with Crippen LogP contribution in [0.25, 0.3) is 0 Å². The van der Waals surface area contributed by atoms with Gasteiger partial charge in [-0.1, -0.05) is 42.5 Å². The molecule has 2 nitrogen and oxygen atoms in total. The lowest BCUT2D eigenvalue weighted by Crippen LogP contribution is -2.25. The maximum Gasteiger partial charge on any atom is 0.123 e. The highest BCUT2D eigenvalue weighted by atomic mass is 19.1. The lowest BCUT2D eigenvalue weighted by atomic mass is 9.95. The second-order valence-corrected chi connectivity index (χ2v) is 5.30. The minimum atomic E-state index is -0.212. The molecular weight excluding hydrogens is 265 g/mol. The molecule has 0 aliphatic heterocycles. The van der Waals surface area contributed by atoms with Gasteiger partial charge in [-0.25, -0.2) is 4.39 Å². The summed E-state index contributed by atoms with van der Waals surface area (Å²) in [6.07, 6.45) is 0.715. The standard InChI is InChI=1S/C18H22FNO/c1-14(16-8-5-9-18(19)12-16)20-13-17(10-11-21)15-6-3-2-4-7-15/h2-9,12,14,17,20-21H,10-11,13H2,1H3. The van der Waals surface area contributed by atoms with Crippen LogP contribution in [0.1, 0.15) is 36.4 Å². The maximum atomic E-state index is 13.3. The second kappa shape index (κ2) is 7.91. The molecule has 0 fully saturated rings. The van der Waals surface area contributed by atoms with E-state index in [9.17, 15) is 9.50 Å². The Morgan fingerprint density at radius 2 is 1.76 bits per heavy atom. The Morgan fingerprint density at radius 1 is 1.05 bits per heavy atom. The number of hydrogen-bond donors (Lipinski definition) is 2. The number of aliphatic hydroxyl groups is 1. The molecule has 0 bridgehead atoms. The van der Waals surface area contributed by atoms with Gasteiger partial charge in [0.25, 0.3) is 0 Å². The quantitative estimate of drug-likeness (QED) is 0.815. The summed E-state index contributed by atoms with van der Waals surface area (Å²) in [5.74, 6) is 0.0447. The van der Waals surface area contributed by atoms with Gasteiger partial charge in [0.15, 0.2) is 0 Å². The van der Waals surface area contributed by atoms with Crippen LogP contribution in [-0.4, -0.2) is 18.3 Å². The zero-order chi connectivity index (χ0) is 15.1. The Kier molecular flexibility index (Phi) is 5.90. The molecule has 0 aliphatic carbocycles. The molecule has 2 atom stereocenters. The van der Waals surface area contributed by atoms with E-state index in [0.717, 1.165) is 12.1 Å². The van der Waals surface area contributed by atoms with E-state index in [2.05, 4.69) is 17.4 Å². The third kappa shape index (κ3) is 4.66. The summed E-state index contributed by atoms with van der Waals surface area (Å²) in [6, 6.07) is 16.9. The first-order valence-electron chi connectivity index (χ1n) is 7.35. The average Bonchev–Trinajstić information content (AvgIpc) is 2.52. The molecule has 0 saturated heterocycles. The van der Waals surface area contributed by atoms with Crippen molar-refractivity contribution in [1.82, 2.24) is 5.32 Å². The van der Waals surface area contributed by atoms with Crippen LogP contribution in [0.15, 0.2) is 54.6 Å². The van der Waals surface area contributed by atoms with Gasteiger partial charge in [0.2, 0.25) is 0 Å². The molecule has 0 saturated carbocycles. The fourth-order valence-electron chi connectivity index (χ4n) is 2.48. The Morgan fingerprint density at radius 3 is 2.43 bits per heavy atom. The highest BCUT2D eigenvalue weighted by Gasteiger charge is 2.13. The fraction of sp³-hybridized carbons (Fsp3) is 0.333. The molecule has 0 spiro atoms. The van der Waals surface area contributed by atoms with Gasteiger partial charge in [-0.3, -0.25) is 0 Å². The van der Waals surface area contributed by atoms with Gasteiger partial charge >= 0.3 is 0 Å². The molecule has 3 heteroatoms. The highest BCUT2D eigenvalue weighted by molar-refractivity contribution is 5.21. The van der Waals surface area contributed by atoms with E-state index in [0.29, 0.717) is 6.42 Å². The molecular formula is C18H22FNO. The van der Waals surface area contributed by atoms with Crippen LogP contribution in [0.4, 0.5) is 4.39 Å². The molecule has 0 radical (unpaired) electrons. The summed E-state index contributed by atoms with van der Waals surface area (Å²) in [7, 11) is 0. The molecule has 2 N–H and O–H groups in total. The van der Waals surface area contributed by atoms with E-state index in [-0.39, 0.29) is 24.4 Å². The zero-order valence-corrected chi connectivity index (χ0v) is 12.3. The van der Waals surface area contributed by atoms with E-state index >= 15 is 0 Å². The minimum absolute atomic E-state index is 0.0746. The van der Waals surface area contributed by atoms with Crippen molar-refractivity contribution in [3.05, 3.63) is 71.5 Å². The first-order valence-corrected chi connectivity index (χ1v) is 7.35. The number of benzene rings is 2. The number of rotatable bonds is 7. The van der Waals surface area contributed by atoms with E-state index < -0.39 is 0 Å². The maximum absolute atomic E-state index is 13.3.